The highest BCUT2D eigenvalue weighted by molar-refractivity contribution is 6.07. The molecule has 2 aromatic rings. The van der Waals surface area contributed by atoms with Crippen molar-refractivity contribution in [3.63, 3.8) is 0 Å². The number of carbonyl (C=O) groups is 1. The normalized spacial score (nSPS) is 12.6. The Morgan fingerprint density at radius 2 is 2.00 bits per heavy atom. The molecule has 0 amide bonds. The minimum atomic E-state index is -0.0869. The topological polar surface area (TPSA) is 44.8 Å². The van der Waals surface area contributed by atoms with Crippen molar-refractivity contribution in [2.75, 3.05) is 13.9 Å². The van der Waals surface area contributed by atoms with E-state index in [0.29, 0.717) is 17.1 Å². The maximum atomic E-state index is 12.2. The second-order valence-electron chi connectivity index (χ2n) is 4.54. The van der Waals surface area contributed by atoms with Gasteiger partial charge in [0.15, 0.2) is 17.3 Å². The molecular weight excluding hydrogens is 268 g/mol. The van der Waals surface area contributed by atoms with Crippen molar-refractivity contribution in [3.8, 4) is 17.2 Å². The molecule has 1 aliphatic heterocycles. The number of hydrogen-bond donors (Lipinski definition) is 0. The maximum absolute atomic E-state index is 12.2. The van der Waals surface area contributed by atoms with Gasteiger partial charge >= 0.3 is 0 Å². The summed E-state index contributed by atoms with van der Waals surface area (Å²) >= 11 is 0. The second-order valence-corrected chi connectivity index (χ2v) is 4.54. The zero-order chi connectivity index (χ0) is 14.7. The molecule has 0 radical (unpaired) electrons. The van der Waals surface area contributed by atoms with Gasteiger partial charge in [-0.3, -0.25) is 4.79 Å². The van der Waals surface area contributed by atoms with Crippen LogP contribution in [0.15, 0.2) is 48.5 Å². The molecule has 0 aliphatic carbocycles. The summed E-state index contributed by atoms with van der Waals surface area (Å²) in [5, 5.41) is 0. The van der Waals surface area contributed by atoms with Crippen LogP contribution >= 0.6 is 0 Å². The summed E-state index contributed by atoms with van der Waals surface area (Å²) < 4.78 is 15.6. The molecule has 0 aromatic heterocycles. The lowest BCUT2D eigenvalue weighted by Gasteiger charge is -2.01. The van der Waals surface area contributed by atoms with Crippen molar-refractivity contribution in [2.24, 2.45) is 0 Å². The summed E-state index contributed by atoms with van der Waals surface area (Å²) in [5.74, 6) is 1.95. The number of carbonyl (C=O) groups excluding carboxylic acids is 1. The van der Waals surface area contributed by atoms with Crippen LogP contribution in [0.4, 0.5) is 0 Å². The van der Waals surface area contributed by atoms with E-state index in [4.69, 9.17) is 14.2 Å². The van der Waals surface area contributed by atoms with Crippen LogP contribution in [-0.4, -0.2) is 19.7 Å². The number of hydrogen-bond acceptors (Lipinski definition) is 4. The lowest BCUT2D eigenvalue weighted by Crippen LogP contribution is -1.94. The molecule has 2 aromatic carbocycles. The van der Waals surface area contributed by atoms with Crippen LogP contribution in [0, 0.1) is 0 Å². The number of rotatable bonds is 4. The second kappa shape index (κ2) is 5.71. The third-order valence-electron chi connectivity index (χ3n) is 3.18. The van der Waals surface area contributed by atoms with Gasteiger partial charge in [-0.05, 0) is 42.0 Å². The van der Waals surface area contributed by atoms with Gasteiger partial charge in [-0.2, -0.15) is 0 Å². The van der Waals surface area contributed by atoms with E-state index in [2.05, 4.69) is 0 Å². The van der Waals surface area contributed by atoms with E-state index in [9.17, 15) is 4.79 Å². The summed E-state index contributed by atoms with van der Waals surface area (Å²) in [6.07, 6.45) is 3.29. The third-order valence-corrected chi connectivity index (χ3v) is 3.18. The number of allylic oxidation sites excluding steroid dienone is 1. The van der Waals surface area contributed by atoms with Gasteiger partial charge in [0.1, 0.15) is 5.75 Å². The summed E-state index contributed by atoms with van der Waals surface area (Å²) in [6.45, 7) is 0.201. The van der Waals surface area contributed by atoms with E-state index < -0.39 is 0 Å². The first-order chi connectivity index (χ1) is 10.3. The van der Waals surface area contributed by atoms with Gasteiger partial charge in [-0.1, -0.05) is 18.2 Å². The average molecular weight is 282 g/mol. The summed E-state index contributed by atoms with van der Waals surface area (Å²) in [4.78, 5) is 12.2. The molecule has 0 atom stereocenters. The minimum Gasteiger partial charge on any atom is -0.497 e. The zero-order valence-electron chi connectivity index (χ0n) is 11.5. The van der Waals surface area contributed by atoms with Crippen LogP contribution in [-0.2, 0) is 0 Å². The van der Waals surface area contributed by atoms with Crippen LogP contribution in [0.2, 0.25) is 0 Å². The first-order valence-electron chi connectivity index (χ1n) is 6.52. The third kappa shape index (κ3) is 2.89. The first-order valence-corrected chi connectivity index (χ1v) is 6.52. The fraction of sp³-hybridized carbons (Fsp3) is 0.118. The van der Waals surface area contributed by atoms with Crippen LogP contribution < -0.4 is 14.2 Å². The standard InChI is InChI=1S/C17H14O4/c1-19-14-4-2-3-12(9-14)5-7-15(18)13-6-8-16-17(10-13)21-11-20-16/h2-10H,11H2,1H3/b7-5+. The van der Waals surface area contributed by atoms with Gasteiger partial charge in [0.25, 0.3) is 0 Å². The Morgan fingerprint density at radius 1 is 1.14 bits per heavy atom. The summed E-state index contributed by atoms with van der Waals surface area (Å²) in [6, 6.07) is 12.7. The zero-order valence-corrected chi connectivity index (χ0v) is 11.5. The van der Waals surface area contributed by atoms with Crippen molar-refractivity contribution in [3.05, 3.63) is 59.7 Å². The molecule has 106 valence electrons. The highest BCUT2D eigenvalue weighted by Gasteiger charge is 2.14. The maximum Gasteiger partial charge on any atom is 0.231 e. The fourth-order valence-electron chi connectivity index (χ4n) is 2.06. The Morgan fingerprint density at radius 3 is 2.86 bits per heavy atom. The molecule has 0 spiro atoms. The highest BCUT2D eigenvalue weighted by atomic mass is 16.7. The predicted octanol–water partition coefficient (Wildman–Crippen LogP) is 3.32. The van der Waals surface area contributed by atoms with Gasteiger partial charge < -0.3 is 14.2 Å². The largest absolute Gasteiger partial charge is 0.497 e. The molecule has 0 saturated heterocycles. The highest BCUT2D eigenvalue weighted by Crippen LogP contribution is 2.32. The quantitative estimate of drug-likeness (QED) is 0.637. The number of ether oxygens (including phenoxy) is 3. The molecular formula is C17H14O4. The predicted molar refractivity (Wildman–Crippen MR) is 78.9 cm³/mol. The number of methoxy groups -OCH3 is 1. The van der Waals surface area contributed by atoms with Crippen molar-refractivity contribution < 1.29 is 19.0 Å². The summed E-state index contributed by atoms with van der Waals surface area (Å²) in [7, 11) is 1.61. The molecule has 0 bridgehead atoms. The van der Waals surface area contributed by atoms with Crippen LogP contribution in [0.25, 0.3) is 6.08 Å². The monoisotopic (exact) mass is 282 g/mol. The molecule has 0 saturated carbocycles. The van der Waals surface area contributed by atoms with E-state index in [-0.39, 0.29) is 12.6 Å². The average Bonchev–Trinajstić information content (AvgIpc) is 3.00. The Bertz CT molecular complexity index is 704. The lowest BCUT2D eigenvalue weighted by atomic mass is 10.1. The van der Waals surface area contributed by atoms with Gasteiger partial charge in [0.2, 0.25) is 6.79 Å². The molecule has 0 N–H and O–H groups in total. The van der Waals surface area contributed by atoms with Crippen molar-refractivity contribution in [1.29, 1.82) is 0 Å². The van der Waals surface area contributed by atoms with Crippen molar-refractivity contribution in [2.45, 2.75) is 0 Å². The Balaban J connectivity index is 1.77. The molecule has 0 fully saturated rings. The van der Waals surface area contributed by atoms with Gasteiger partial charge in [-0.25, -0.2) is 0 Å². The van der Waals surface area contributed by atoms with Gasteiger partial charge in [0, 0.05) is 5.56 Å². The first kappa shape index (κ1) is 13.2. The fourth-order valence-corrected chi connectivity index (χ4v) is 2.06. The molecule has 0 unspecified atom stereocenters. The lowest BCUT2D eigenvalue weighted by molar-refractivity contribution is 0.104. The number of ketones is 1. The van der Waals surface area contributed by atoms with E-state index in [1.807, 2.05) is 24.3 Å². The van der Waals surface area contributed by atoms with Gasteiger partial charge in [-0.15, -0.1) is 0 Å². The van der Waals surface area contributed by atoms with E-state index in [0.717, 1.165) is 11.3 Å². The Kier molecular flexibility index (Phi) is 3.60. The van der Waals surface area contributed by atoms with Crippen LogP contribution in [0.1, 0.15) is 15.9 Å². The SMILES string of the molecule is COc1cccc(/C=C/C(=O)c2ccc3c(c2)OCO3)c1. The number of fused-ring (bicyclic) bond motifs is 1. The van der Waals surface area contributed by atoms with Gasteiger partial charge in [0.05, 0.1) is 7.11 Å². The number of benzene rings is 2. The van der Waals surface area contributed by atoms with Crippen molar-refractivity contribution in [1.82, 2.24) is 0 Å². The molecule has 1 heterocycles. The van der Waals surface area contributed by atoms with E-state index in [1.165, 1.54) is 6.08 Å². The van der Waals surface area contributed by atoms with E-state index >= 15 is 0 Å². The van der Waals surface area contributed by atoms with E-state index in [1.54, 1.807) is 31.4 Å². The van der Waals surface area contributed by atoms with Crippen LogP contribution in [0.3, 0.4) is 0 Å². The minimum absolute atomic E-state index is 0.0869. The smallest absolute Gasteiger partial charge is 0.231 e. The Labute approximate surface area is 122 Å². The Hall–Kier alpha value is -2.75. The van der Waals surface area contributed by atoms with Crippen LogP contribution in [0.5, 0.6) is 17.2 Å². The molecule has 3 rings (SSSR count). The van der Waals surface area contributed by atoms with Crippen molar-refractivity contribution >= 4 is 11.9 Å². The molecule has 4 heteroatoms. The molecule has 21 heavy (non-hydrogen) atoms. The molecule has 1 aliphatic rings. The summed E-state index contributed by atoms with van der Waals surface area (Å²) in [5.41, 5.74) is 1.47. The molecule has 4 nitrogen and oxygen atoms in total.